The topological polar surface area (TPSA) is 107 Å². The molecule has 0 saturated carbocycles. The largest absolute Gasteiger partial charge is 0.465 e. The third kappa shape index (κ3) is 3.25. The van der Waals surface area contributed by atoms with E-state index < -0.39 is 18.0 Å². The van der Waals surface area contributed by atoms with Gasteiger partial charge in [0.05, 0.1) is 17.6 Å². The van der Waals surface area contributed by atoms with Gasteiger partial charge in [0.1, 0.15) is 5.69 Å². The molecular weight excluding hydrogens is 358 g/mol. The van der Waals surface area contributed by atoms with Crippen molar-refractivity contribution in [1.29, 1.82) is 0 Å². The molecule has 0 radical (unpaired) electrons. The molecule has 8 nitrogen and oxygen atoms in total. The summed E-state index contributed by atoms with van der Waals surface area (Å²) in [4.78, 5) is 28.0. The molecule has 3 aromatic rings. The molecule has 1 N–H and O–H groups in total. The zero-order valence-electron chi connectivity index (χ0n) is 14.7. The average molecular weight is 375 g/mol. The first-order chi connectivity index (χ1) is 12.4. The van der Waals surface area contributed by atoms with Gasteiger partial charge in [0.25, 0.3) is 11.8 Å². The molecule has 0 spiro atoms. The van der Waals surface area contributed by atoms with Gasteiger partial charge in [-0.1, -0.05) is 6.07 Å². The molecule has 1 atom stereocenters. The molecule has 3 rings (SSSR count). The Labute approximate surface area is 153 Å². The third-order valence-electron chi connectivity index (χ3n) is 3.84. The highest BCUT2D eigenvalue weighted by molar-refractivity contribution is 7.13. The maximum absolute atomic E-state index is 12.5. The molecule has 0 fully saturated rings. The number of carbonyl (C=O) groups excluding carboxylic acids is 2. The van der Waals surface area contributed by atoms with Crippen LogP contribution in [0, 0.1) is 13.8 Å². The number of aromatic amines is 1. The summed E-state index contributed by atoms with van der Waals surface area (Å²) in [6.07, 6.45) is -0.742. The van der Waals surface area contributed by atoms with Gasteiger partial charge in [-0.2, -0.15) is 0 Å². The minimum absolute atomic E-state index is 0.188. The Morgan fingerprint density at radius 1 is 1.27 bits per heavy atom. The molecule has 136 valence electrons. The van der Waals surface area contributed by atoms with Crippen molar-refractivity contribution in [1.82, 2.24) is 15.2 Å². The lowest BCUT2D eigenvalue weighted by molar-refractivity contribution is 0.0272. The van der Waals surface area contributed by atoms with Crippen LogP contribution in [-0.2, 0) is 9.47 Å². The minimum atomic E-state index is -0.742. The average Bonchev–Trinajstić information content (AvgIpc) is 3.33. The van der Waals surface area contributed by atoms with Crippen LogP contribution in [0.25, 0.3) is 10.8 Å². The summed E-state index contributed by atoms with van der Waals surface area (Å²) in [6.45, 7) is 4.97. The number of methoxy groups -OCH3 is 1. The summed E-state index contributed by atoms with van der Waals surface area (Å²) in [5.41, 5.74) is 1.51. The van der Waals surface area contributed by atoms with Gasteiger partial charge >= 0.3 is 11.9 Å². The molecule has 1 unspecified atom stereocenters. The second kappa shape index (κ2) is 7.12. The summed E-state index contributed by atoms with van der Waals surface area (Å²) < 4.78 is 15.7. The second-order valence-corrected chi connectivity index (χ2v) is 6.53. The van der Waals surface area contributed by atoms with E-state index in [2.05, 4.69) is 15.2 Å². The SMILES string of the molecule is COC(=O)c1c(C)[nH]c(C(=O)OC(C)c2nnc(-c3cccs3)o2)c1C. The molecule has 26 heavy (non-hydrogen) atoms. The molecule has 0 aliphatic carbocycles. The van der Waals surface area contributed by atoms with E-state index in [-0.39, 0.29) is 11.6 Å². The van der Waals surface area contributed by atoms with E-state index in [9.17, 15) is 9.59 Å². The monoisotopic (exact) mass is 375 g/mol. The van der Waals surface area contributed by atoms with Crippen LogP contribution < -0.4 is 0 Å². The van der Waals surface area contributed by atoms with Gasteiger partial charge in [-0.15, -0.1) is 21.5 Å². The molecule has 0 bridgehead atoms. The van der Waals surface area contributed by atoms with E-state index in [1.54, 1.807) is 20.8 Å². The van der Waals surface area contributed by atoms with Crippen LogP contribution in [0.5, 0.6) is 0 Å². The molecule has 9 heteroatoms. The fourth-order valence-corrected chi connectivity index (χ4v) is 3.18. The number of thiophene rings is 1. The van der Waals surface area contributed by atoms with Crippen molar-refractivity contribution < 1.29 is 23.5 Å². The molecule has 0 aromatic carbocycles. The van der Waals surface area contributed by atoms with E-state index >= 15 is 0 Å². The molecule has 0 saturated heterocycles. The lowest BCUT2D eigenvalue weighted by atomic mass is 10.1. The van der Waals surface area contributed by atoms with Gasteiger partial charge in [-0.05, 0) is 37.8 Å². The number of hydrogen-bond acceptors (Lipinski definition) is 8. The number of aromatic nitrogens is 3. The zero-order valence-corrected chi connectivity index (χ0v) is 15.5. The van der Waals surface area contributed by atoms with Crippen LogP contribution in [-0.4, -0.2) is 34.2 Å². The first-order valence-corrected chi connectivity index (χ1v) is 8.66. The van der Waals surface area contributed by atoms with Crippen molar-refractivity contribution >= 4 is 23.3 Å². The Morgan fingerprint density at radius 2 is 2.04 bits per heavy atom. The number of nitrogens with zero attached hydrogens (tertiary/aromatic N) is 2. The summed E-state index contributed by atoms with van der Waals surface area (Å²) in [5, 5.41) is 9.80. The Hall–Kier alpha value is -2.94. The first-order valence-electron chi connectivity index (χ1n) is 7.78. The van der Waals surface area contributed by atoms with E-state index in [1.165, 1.54) is 18.4 Å². The maximum atomic E-state index is 12.5. The Bertz CT molecular complexity index is 942. The first kappa shape index (κ1) is 17.9. The van der Waals surface area contributed by atoms with Gasteiger partial charge < -0.3 is 18.9 Å². The van der Waals surface area contributed by atoms with Gasteiger partial charge in [-0.3, -0.25) is 0 Å². The van der Waals surface area contributed by atoms with E-state index in [0.717, 1.165) is 4.88 Å². The quantitative estimate of drug-likeness (QED) is 0.681. The molecule has 3 heterocycles. The number of aryl methyl sites for hydroxylation is 1. The fraction of sp³-hybridized carbons (Fsp3) is 0.294. The standard InChI is InChI=1S/C17H17N3O5S/c1-8-12(16(21)23-4)9(2)18-13(8)17(22)24-10(3)14-19-20-15(25-14)11-6-5-7-26-11/h5-7,10,18H,1-4H3. The fourth-order valence-electron chi connectivity index (χ4n) is 2.53. The van der Waals surface area contributed by atoms with Crippen LogP contribution in [0.3, 0.4) is 0 Å². The van der Waals surface area contributed by atoms with E-state index in [1.807, 2.05) is 17.5 Å². The Balaban J connectivity index is 1.77. The number of rotatable bonds is 5. The number of carbonyl (C=O) groups is 2. The number of hydrogen-bond donors (Lipinski definition) is 1. The Kier molecular flexibility index (Phi) is 4.90. The minimum Gasteiger partial charge on any atom is -0.465 e. The number of ether oxygens (including phenoxy) is 2. The number of nitrogens with one attached hydrogen (secondary N) is 1. The molecule has 0 aliphatic heterocycles. The molecule has 3 aromatic heterocycles. The van der Waals surface area contributed by atoms with Crippen LogP contribution in [0.2, 0.25) is 0 Å². The maximum Gasteiger partial charge on any atom is 0.355 e. The second-order valence-electron chi connectivity index (χ2n) is 5.59. The lowest BCUT2D eigenvalue weighted by Gasteiger charge is -2.09. The number of esters is 2. The highest BCUT2D eigenvalue weighted by Gasteiger charge is 2.26. The van der Waals surface area contributed by atoms with Gasteiger partial charge in [0.15, 0.2) is 6.10 Å². The van der Waals surface area contributed by atoms with Crippen molar-refractivity contribution in [2.24, 2.45) is 0 Å². The summed E-state index contributed by atoms with van der Waals surface area (Å²) in [7, 11) is 1.29. The van der Waals surface area contributed by atoms with E-state index in [4.69, 9.17) is 13.9 Å². The van der Waals surface area contributed by atoms with Crippen molar-refractivity contribution in [3.63, 3.8) is 0 Å². The normalized spacial score (nSPS) is 12.0. The van der Waals surface area contributed by atoms with Crippen LogP contribution >= 0.6 is 11.3 Å². The predicted octanol–water partition coefficient (Wildman–Crippen LogP) is 3.45. The predicted molar refractivity (Wildman–Crippen MR) is 93.0 cm³/mol. The molecule has 0 amide bonds. The molecular formula is C17H17N3O5S. The number of H-pyrrole nitrogens is 1. The van der Waals surface area contributed by atoms with Crippen molar-refractivity contribution in [2.75, 3.05) is 7.11 Å². The summed E-state index contributed by atoms with van der Waals surface area (Å²) in [5.74, 6) is -0.571. The van der Waals surface area contributed by atoms with Crippen molar-refractivity contribution in [3.05, 3.63) is 45.9 Å². The van der Waals surface area contributed by atoms with Gasteiger partial charge in [-0.25, -0.2) is 9.59 Å². The lowest BCUT2D eigenvalue weighted by Crippen LogP contribution is -2.11. The van der Waals surface area contributed by atoms with Crippen LogP contribution in [0.15, 0.2) is 21.9 Å². The Morgan fingerprint density at radius 3 is 2.69 bits per heavy atom. The van der Waals surface area contributed by atoms with Crippen molar-refractivity contribution in [2.45, 2.75) is 26.9 Å². The summed E-state index contributed by atoms with van der Waals surface area (Å²) >= 11 is 1.47. The summed E-state index contributed by atoms with van der Waals surface area (Å²) in [6, 6.07) is 3.74. The van der Waals surface area contributed by atoms with Crippen LogP contribution in [0.1, 0.15) is 51.0 Å². The van der Waals surface area contributed by atoms with Gasteiger partial charge in [0, 0.05) is 5.69 Å². The highest BCUT2D eigenvalue weighted by atomic mass is 32.1. The van der Waals surface area contributed by atoms with Crippen molar-refractivity contribution in [3.8, 4) is 10.8 Å². The van der Waals surface area contributed by atoms with Gasteiger partial charge in [0.2, 0.25) is 0 Å². The highest BCUT2D eigenvalue weighted by Crippen LogP contribution is 2.27. The molecule has 0 aliphatic rings. The third-order valence-corrected chi connectivity index (χ3v) is 4.69. The smallest absolute Gasteiger partial charge is 0.355 e. The zero-order chi connectivity index (χ0) is 18.8. The van der Waals surface area contributed by atoms with E-state index in [0.29, 0.717) is 22.7 Å². The van der Waals surface area contributed by atoms with Crippen LogP contribution in [0.4, 0.5) is 0 Å².